The third-order valence-corrected chi connectivity index (χ3v) is 4.56. The lowest BCUT2D eigenvalue weighted by Crippen LogP contribution is -2.49. The van der Waals surface area contributed by atoms with Crippen molar-refractivity contribution in [3.05, 3.63) is 52.1 Å². The predicted molar refractivity (Wildman–Crippen MR) is 85.2 cm³/mol. The summed E-state index contributed by atoms with van der Waals surface area (Å²) in [6.45, 7) is 2.35. The zero-order valence-corrected chi connectivity index (χ0v) is 13.7. The zero-order chi connectivity index (χ0) is 15.7. The fourth-order valence-electron chi connectivity index (χ4n) is 2.96. The summed E-state index contributed by atoms with van der Waals surface area (Å²) in [5, 5.41) is 3.22. The van der Waals surface area contributed by atoms with Gasteiger partial charge in [0.05, 0.1) is 5.69 Å². The number of halogens is 3. The van der Waals surface area contributed by atoms with E-state index in [1.54, 1.807) is 18.5 Å². The molecular weight excluding hydrogens is 352 g/mol. The largest absolute Gasteiger partial charge is 0.369 e. The van der Waals surface area contributed by atoms with Crippen molar-refractivity contribution in [3.8, 4) is 0 Å². The number of hydrogen-bond acceptors (Lipinski definition) is 3. The van der Waals surface area contributed by atoms with Crippen LogP contribution >= 0.6 is 15.9 Å². The van der Waals surface area contributed by atoms with Crippen molar-refractivity contribution in [1.29, 1.82) is 0 Å². The molecule has 0 bridgehead atoms. The average molecular weight is 368 g/mol. The highest BCUT2D eigenvalue weighted by atomic mass is 79.9. The number of nitrogens with one attached hydrogen (secondary N) is 1. The molecule has 1 aliphatic rings. The first-order chi connectivity index (χ1) is 10.5. The Balaban J connectivity index is 1.82. The van der Waals surface area contributed by atoms with Gasteiger partial charge < -0.3 is 5.32 Å². The van der Waals surface area contributed by atoms with E-state index in [0.717, 1.165) is 15.9 Å². The van der Waals surface area contributed by atoms with E-state index in [-0.39, 0.29) is 18.7 Å². The van der Waals surface area contributed by atoms with Gasteiger partial charge in [-0.3, -0.25) is 4.98 Å². The van der Waals surface area contributed by atoms with Crippen LogP contribution in [0.4, 0.5) is 14.6 Å². The fraction of sp³-hybridized carbons (Fsp3) is 0.375. The summed E-state index contributed by atoms with van der Waals surface area (Å²) in [7, 11) is 0. The predicted octanol–water partition coefficient (Wildman–Crippen LogP) is 4.17. The molecule has 0 amide bonds. The van der Waals surface area contributed by atoms with Crippen LogP contribution in [-0.2, 0) is 5.41 Å². The third kappa shape index (κ3) is 2.84. The van der Waals surface area contributed by atoms with Gasteiger partial charge in [-0.05, 0) is 59.5 Å². The Morgan fingerprint density at radius 2 is 2.18 bits per heavy atom. The normalized spacial score (nSPS) is 23.9. The van der Waals surface area contributed by atoms with Crippen molar-refractivity contribution in [1.82, 2.24) is 9.97 Å². The van der Waals surface area contributed by atoms with Crippen LogP contribution in [0, 0.1) is 12.7 Å². The van der Waals surface area contributed by atoms with Crippen molar-refractivity contribution >= 4 is 21.7 Å². The van der Waals surface area contributed by atoms with Crippen molar-refractivity contribution in [3.63, 3.8) is 0 Å². The second kappa shape index (κ2) is 5.91. The highest BCUT2D eigenvalue weighted by molar-refractivity contribution is 9.10. The molecule has 116 valence electrons. The Morgan fingerprint density at radius 1 is 1.41 bits per heavy atom. The van der Waals surface area contributed by atoms with Crippen LogP contribution in [-0.4, -0.2) is 22.7 Å². The summed E-state index contributed by atoms with van der Waals surface area (Å²) < 4.78 is 28.4. The first kappa shape index (κ1) is 15.3. The van der Waals surface area contributed by atoms with Crippen molar-refractivity contribution in [2.75, 3.05) is 11.9 Å². The molecule has 22 heavy (non-hydrogen) atoms. The summed E-state index contributed by atoms with van der Waals surface area (Å²) in [5.74, 6) is 0.345. The Labute approximate surface area is 136 Å². The van der Waals surface area contributed by atoms with Gasteiger partial charge in [0.2, 0.25) is 0 Å². The molecule has 1 N–H and O–H groups in total. The van der Waals surface area contributed by atoms with E-state index >= 15 is 0 Å². The fourth-order valence-corrected chi connectivity index (χ4v) is 3.41. The minimum atomic E-state index is -0.901. The van der Waals surface area contributed by atoms with Crippen molar-refractivity contribution in [2.45, 2.75) is 31.4 Å². The zero-order valence-electron chi connectivity index (χ0n) is 12.1. The topological polar surface area (TPSA) is 37.8 Å². The number of rotatable bonds is 4. The lowest BCUT2D eigenvalue weighted by atomic mass is 9.65. The van der Waals surface area contributed by atoms with E-state index in [4.69, 9.17) is 0 Å². The van der Waals surface area contributed by atoms with Crippen LogP contribution in [0.15, 0.2) is 35.1 Å². The monoisotopic (exact) mass is 367 g/mol. The number of pyridine rings is 2. The summed E-state index contributed by atoms with van der Waals surface area (Å²) in [5.41, 5.74) is 0.708. The Kier molecular flexibility index (Phi) is 4.12. The Bertz CT molecular complexity index is 687. The second-order valence-corrected chi connectivity index (χ2v) is 6.71. The highest BCUT2D eigenvalue weighted by Gasteiger charge is 2.48. The smallest absolute Gasteiger partial charge is 0.145 e. The quantitative estimate of drug-likeness (QED) is 0.881. The van der Waals surface area contributed by atoms with Gasteiger partial charge in [0.15, 0.2) is 0 Å². The molecule has 1 aliphatic carbocycles. The molecule has 2 aromatic rings. The van der Waals surface area contributed by atoms with Gasteiger partial charge in [0.1, 0.15) is 17.8 Å². The highest BCUT2D eigenvalue weighted by Crippen LogP contribution is 2.45. The van der Waals surface area contributed by atoms with Gasteiger partial charge in [0.25, 0.3) is 0 Å². The molecule has 0 aromatic carbocycles. The number of aromatic nitrogens is 2. The maximum absolute atomic E-state index is 14.1. The molecular formula is C16H16BrF2N3. The number of alkyl halides is 1. The van der Waals surface area contributed by atoms with Crippen molar-refractivity contribution in [2.24, 2.45) is 0 Å². The molecule has 0 spiro atoms. The summed E-state index contributed by atoms with van der Waals surface area (Å²) >= 11 is 3.37. The van der Waals surface area contributed by atoms with E-state index in [9.17, 15) is 8.78 Å². The Morgan fingerprint density at radius 3 is 2.82 bits per heavy atom. The maximum Gasteiger partial charge on any atom is 0.145 e. The lowest BCUT2D eigenvalue weighted by Gasteiger charge is -2.44. The molecule has 2 aromatic heterocycles. The van der Waals surface area contributed by atoms with Gasteiger partial charge in [-0.15, -0.1) is 0 Å². The molecule has 0 radical (unpaired) electrons. The second-order valence-electron chi connectivity index (χ2n) is 5.79. The molecule has 0 saturated heterocycles. The number of aryl methyl sites for hydroxylation is 1. The maximum atomic E-state index is 14.1. The van der Waals surface area contributed by atoms with Gasteiger partial charge in [-0.2, -0.15) is 0 Å². The first-order valence-corrected chi connectivity index (χ1v) is 7.90. The van der Waals surface area contributed by atoms with Crippen LogP contribution in [0.5, 0.6) is 0 Å². The summed E-state index contributed by atoms with van der Waals surface area (Å²) in [6, 6.07) is 4.87. The average Bonchev–Trinajstić information content (AvgIpc) is 2.44. The van der Waals surface area contributed by atoms with Crippen LogP contribution < -0.4 is 5.32 Å². The van der Waals surface area contributed by atoms with Gasteiger partial charge in [-0.25, -0.2) is 13.8 Å². The molecule has 1 saturated carbocycles. The minimum absolute atomic E-state index is 0.281. The number of anilines is 1. The van der Waals surface area contributed by atoms with Gasteiger partial charge in [-0.1, -0.05) is 0 Å². The Hall–Kier alpha value is -1.56. The van der Waals surface area contributed by atoms with Crippen LogP contribution in [0.3, 0.4) is 0 Å². The summed E-state index contributed by atoms with van der Waals surface area (Å²) in [4.78, 5) is 8.45. The molecule has 0 unspecified atom stereocenters. The van der Waals surface area contributed by atoms with E-state index in [1.165, 1.54) is 6.07 Å². The van der Waals surface area contributed by atoms with Gasteiger partial charge >= 0.3 is 0 Å². The SMILES string of the molecule is Cc1cc(Br)cnc1NCC1(c2ncccc2F)CC(F)C1. The molecule has 0 atom stereocenters. The minimum Gasteiger partial charge on any atom is -0.369 e. The van der Waals surface area contributed by atoms with Gasteiger partial charge in [0, 0.05) is 28.8 Å². The van der Waals surface area contributed by atoms with Crippen LogP contribution in [0.2, 0.25) is 0 Å². The van der Waals surface area contributed by atoms with Crippen molar-refractivity contribution < 1.29 is 8.78 Å². The molecule has 3 nitrogen and oxygen atoms in total. The summed E-state index contributed by atoms with van der Waals surface area (Å²) in [6.07, 6.45) is 2.91. The number of hydrogen-bond donors (Lipinski definition) is 1. The van der Waals surface area contributed by atoms with E-state index in [0.29, 0.717) is 12.2 Å². The third-order valence-electron chi connectivity index (χ3n) is 4.12. The molecule has 3 rings (SSSR count). The first-order valence-electron chi connectivity index (χ1n) is 7.11. The molecule has 1 fully saturated rings. The van der Waals surface area contributed by atoms with Crippen LogP contribution in [0.25, 0.3) is 0 Å². The lowest BCUT2D eigenvalue weighted by molar-refractivity contribution is 0.0964. The molecule has 2 heterocycles. The van der Waals surface area contributed by atoms with E-state index in [2.05, 4.69) is 31.2 Å². The van der Waals surface area contributed by atoms with Crippen LogP contribution in [0.1, 0.15) is 24.1 Å². The van der Waals surface area contributed by atoms with E-state index in [1.807, 2.05) is 13.0 Å². The standard InChI is InChI=1S/C16H16BrF2N3/c1-10-5-11(17)8-21-15(10)22-9-16(6-12(18)7-16)14-13(19)3-2-4-20-14/h2-5,8,12H,6-7,9H2,1H3,(H,21,22). The molecule has 6 heteroatoms. The number of nitrogens with zero attached hydrogens (tertiary/aromatic N) is 2. The van der Waals surface area contributed by atoms with E-state index < -0.39 is 11.6 Å². The molecule has 0 aliphatic heterocycles.